The maximum atomic E-state index is 12.3. The van der Waals surface area contributed by atoms with Gasteiger partial charge in [-0.05, 0) is 32.7 Å². The zero-order chi connectivity index (χ0) is 12.1. The van der Waals surface area contributed by atoms with Crippen LogP contribution in [0.4, 0.5) is 0 Å². The molecule has 1 saturated heterocycles. The number of hydrogen-bond donors (Lipinski definition) is 1. The van der Waals surface area contributed by atoms with Crippen LogP contribution in [-0.2, 0) is 4.79 Å². The van der Waals surface area contributed by atoms with E-state index in [0.717, 1.165) is 32.5 Å². The van der Waals surface area contributed by atoms with Crippen molar-refractivity contribution in [1.82, 2.24) is 10.2 Å². The Morgan fingerprint density at radius 1 is 1.50 bits per heavy atom. The average molecular weight is 226 g/mol. The van der Waals surface area contributed by atoms with Crippen molar-refractivity contribution in [2.24, 2.45) is 11.8 Å². The summed E-state index contributed by atoms with van der Waals surface area (Å²) < 4.78 is 0. The maximum Gasteiger partial charge on any atom is 0.227 e. The Balaban J connectivity index is 2.54. The molecule has 3 heteroatoms. The van der Waals surface area contributed by atoms with Crippen LogP contribution in [0.3, 0.4) is 0 Å². The van der Waals surface area contributed by atoms with Crippen LogP contribution in [0.25, 0.3) is 0 Å². The lowest BCUT2D eigenvalue weighted by Crippen LogP contribution is -2.42. The number of amides is 1. The van der Waals surface area contributed by atoms with Crippen LogP contribution in [-0.4, -0.2) is 36.5 Å². The third-order valence-electron chi connectivity index (χ3n) is 3.76. The van der Waals surface area contributed by atoms with Crippen LogP contribution in [0.15, 0.2) is 0 Å². The fourth-order valence-electron chi connectivity index (χ4n) is 2.31. The molecule has 1 heterocycles. The summed E-state index contributed by atoms with van der Waals surface area (Å²) in [5.74, 6) is 1.15. The zero-order valence-corrected chi connectivity index (χ0v) is 11.1. The summed E-state index contributed by atoms with van der Waals surface area (Å²) in [6.07, 6.45) is 2.14. The minimum atomic E-state index is 0.198. The van der Waals surface area contributed by atoms with Crippen molar-refractivity contribution in [2.45, 2.75) is 46.6 Å². The van der Waals surface area contributed by atoms with Gasteiger partial charge in [-0.2, -0.15) is 0 Å². The van der Waals surface area contributed by atoms with E-state index in [2.05, 4.69) is 33.0 Å². The average Bonchev–Trinajstić information content (AvgIpc) is 2.71. The summed E-state index contributed by atoms with van der Waals surface area (Å²) in [5.41, 5.74) is 0. The van der Waals surface area contributed by atoms with Gasteiger partial charge in [-0.1, -0.05) is 20.3 Å². The van der Waals surface area contributed by atoms with E-state index in [0.29, 0.717) is 17.9 Å². The van der Waals surface area contributed by atoms with Crippen molar-refractivity contribution in [3.63, 3.8) is 0 Å². The van der Waals surface area contributed by atoms with Crippen LogP contribution < -0.4 is 5.32 Å². The molecule has 0 bridgehead atoms. The van der Waals surface area contributed by atoms with Crippen LogP contribution in [0.5, 0.6) is 0 Å². The van der Waals surface area contributed by atoms with Gasteiger partial charge < -0.3 is 10.2 Å². The predicted octanol–water partition coefficient (Wildman–Crippen LogP) is 1.88. The van der Waals surface area contributed by atoms with E-state index in [-0.39, 0.29) is 5.92 Å². The molecule has 0 spiro atoms. The van der Waals surface area contributed by atoms with Crippen LogP contribution in [0.2, 0.25) is 0 Å². The molecule has 0 aromatic carbocycles. The van der Waals surface area contributed by atoms with Crippen molar-refractivity contribution in [3.8, 4) is 0 Å². The van der Waals surface area contributed by atoms with Gasteiger partial charge in [-0.25, -0.2) is 0 Å². The van der Waals surface area contributed by atoms with E-state index in [1.54, 1.807) is 0 Å². The topological polar surface area (TPSA) is 32.3 Å². The summed E-state index contributed by atoms with van der Waals surface area (Å²) in [5, 5.41) is 3.35. The fraction of sp³-hybridized carbons (Fsp3) is 0.923. The quantitative estimate of drug-likeness (QED) is 0.776. The van der Waals surface area contributed by atoms with Crippen molar-refractivity contribution in [2.75, 3.05) is 19.6 Å². The first kappa shape index (κ1) is 13.5. The van der Waals surface area contributed by atoms with E-state index in [4.69, 9.17) is 0 Å². The first-order valence-corrected chi connectivity index (χ1v) is 6.62. The molecule has 1 aliphatic rings. The second kappa shape index (κ2) is 6.24. The number of nitrogens with one attached hydrogen (secondary N) is 1. The number of rotatable bonds is 5. The van der Waals surface area contributed by atoms with Crippen LogP contribution >= 0.6 is 0 Å². The lowest BCUT2D eigenvalue weighted by Gasteiger charge is -2.28. The lowest BCUT2D eigenvalue weighted by molar-refractivity contribution is -0.136. The summed E-state index contributed by atoms with van der Waals surface area (Å²) in [6.45, 7) is 11.3. The van der Waals surface area contributed by atoms with E-state index < -0.39 is 0 Å². The monoisotopic (exact) mass is 226 g/mol. The van der Waals surface area contributed by atoms with E-state index in [1.807, 2.05) is 4.90 Å². The first-order chi connectivity index (χ1) is 7.60. The standard InChI is InChI=1S/C13H26N2O/c1-5-10(3)9-15(6-2)13(16)12-7-8-14-11(12)4/h10-12,14H,5-9H2,1-4H3. The Kier molecular flexibility index (Phi) is 5.26. The van der Waals surface area contributed by atoms with E-state index >= 15 is 0 Å². The van der Waals surface area contributed by atoms with Gasteiger partial charge in [-0.15, -0.1) is 0 Å². The number of carbonyl (C=O) groups is 1. The highest BCUT2D eigenvalue weighted by Crippen LogP contribution is 2.19. The summed E-state index contributed by atoms with van der Waals surface area (Å²) in [6, 6.07) is 0.346. The molecule has 0 aromatic heterocycles. The lowest BCUT2D eigenvalue weighted by atomic mass is 9.99. The molecule has 3 unspecified atom stereocenters. The normalized spacial score (nSPS) is 26.8. The minimum absolute atomic E-state index is 0.198. The Labute approximate surface area is 99.6 Å². The second-order valence-electron chi connectivity index (χ2n) is 5.03. The molecule has 1 N–H and O–H groups in total. The molecule has 1 aliphatic heterocycles. The second-order valence-corrected chi connectivity index (χ2v) is 5.03. The summed E-state index contributed by atoms with van der Waals surface area (Å²) in [4.78, 5) is 14.4. The van der Waals surface area contributed by atoms with Gasteiger partial charge in [0.05, 0.1) is 5.92 Å². The molecule has 3 nitrogen and oxygen atoms in total. The number of nitrogens with zero attached hydrogens (tertiary/aromatic N) is 1. The molecule has 1 amide bonds. The maximum absolute atomic E-state index is 12.3. The first-order valence-electron chi connectivity index (χ1n) is 6.62. The third kappa shape index (κ3) is 3.21. The Morgan fingerprint density at radius 2 is 2.19 bits per heavy atom. The molecule has 0 saturated carbocycles. The molecule has 0 aliphatic carbocycles. The van der Waals surface area contributed by atoms with Gasteiger partial charge in [0.15, 0.2) is 0 Å². The van der Waals surface area contributed by atoms with Crippen LogP contribution in [0.1, 0.15) is 40.5 Å². The zero-order valence-electron chi connectivity index (χ0n) is 11.1. The molecule has 1 fully saturated rings. The largest absolute Gasteiger partial charge is 0.342 e. The van der Waals surface area contributed by atoms with Gasteiger partial charge in [-0.3, -0.25) is 4.79 Å². The Morgan fingerprint density at radius 3 is 2.62 bits per heavy atom. The van der Waals surface area contributed by atoms with Gasteiger partial charge in [0.25, 0.3) is 0 Å². The minimum Gasteiger partial charge on any atom is -0.342 e. The van der Waals surface area contributed by atoms with Crippen molar-refractivity contribution < 1.29 is 4.79 Å². The summed E-state index contributed by atoms with van der Waals surface area (Å²) in [7, 11) is 0. The molecule has 3 atom stereocenters. The van der Waals surface area contributed by atoms with Crippen molar-refractivity contribution in [3.05, 3.63) is 0 Å². The van der Waals surface area contributed by atoms with Crippen molar-refractivity contribution >= 4 is 5.91 Å². The van der Waals surface area contributed by atoms with Gasteiger partial charge in [0.1, 0.15) is 0 Å². The van der Waals surface area contributed by atoms with Crippen molar-refractivity contribution in [1.29, 1.82) is 0 Å². The van der Waals surface area contributed by atoms with Gasteiger partial charge >= 0.3 is 0 Å². The van der Waals surface area contributed by atoms with E-state index in [1.165, 1.54) is 0 Å². The molecular weight excluding hydrogens is 200 g/mol. The highest BCUT2D eigenvalue weighted by atomic mass is 16.2. The Bertz CT molecular complexity index is 230. The van der Waals surface area contributed by atoms with E-state index in [9.17, 15) is 4.79 Å². The fourth-order valence-corrected chi connectivity index (χ4v) is 2.31. The van der Waals surface area contributed by atoms with Crippen LogP contribution in [0, 0.1) is 11.8 Å². The summed E-state index contributed by atoms with van der Waals surface area (Å²) >= 11 is 0. The Hall–Kier alpha value is -0.570. The van der Waals surface area contributed by atoms with Gasteiger partial charge in [0.2, 0.25) is 5.91 Å². The predicted molar refractivity (Wildman–Crippen MR) is 67.3 cm³/mol. The molecule has 1 rings (SSSR count). The number of hydrogen-bond acceptors (Lipinski definition) is 2. The molecular formula is C13H26N2O. The highest BCUT2D eigenvalue weighted by Gasteiger charge is 2.32. The molecule has 0 radical (unpaired) electrons. The number of carbonyl (C=O) groups excluding carboxylic acids is 1. The SMILES string of the molecule is CCC(C)CN(CC)C(=O)C1CCNC1C. The molecule has 0 aromatic rings. The molecule has 94 valence electrons. The van der Waals surface area contributed by atoms with Gasteiger partial charge in [0, 0.05) is 19.1 Å². The molecule has 16 heavy (non-hydrogen) atoms. The smallest absolute Gasteiger partial charge is 0.227 e. The highest BCUT2D eigenvalue weighted by molar-refractivity contribution is 5.79. The third-order valence-corrected chi connectivity index (χ3v) is 3.76.